The lowest BCUT2D eigenvalue weighted by Crippen LogP contribution is -2.29. The summed E-state index contributed by atoms with van der Waals surface area (Å²) in [5.41, 5.74) is 0.480. The van der Waals surface area contributed by atoms with Gasteiger partial charge in [-0.3, -0.25) is 0 Å². The van der Waals surface area contributed by atoms with Gasteiger partial charge in [-0.25, -0.2) is 0 Å². The Morgan fingerprint density at radius 1 is 1.28 bits per heavy atom. The van der Waals surface area contributed by atoms with Crippen LogP contribution in [0.1, 0.15) is 12.8 Å². The molecule has 0 aliphatic heterocycles. The van der Waals surface area contributed by atoms with E-state index in [2.05, 4.69) is 11.9 Å². The van der Waals surface area contributed by atoms with Crippen LogP contribution in [0.25, 0.3) is 0 Å². The molecule has 2 N–H and O–H groups in total. The van der Waals surface area contributed by atoms with Crippen molar-refractivity contribution in [3.8, 4) is 5.75 Å². The molecule has 0 bridgehead atoms. The second-order valence-corrected chi connectivity index (χ2v) is 5.00. The summed E-state index contributed by atoms with van der Waals surface area (Å²) in [6.07, 6.45) is 2.74. The molecule has 2 rings (SSSR count). The molecule has 1 aromatic carbocycles. The maximum absolute atomic E-state index is 8.96. The van der Waals surface area contributed by atoms with Gasteiger partial charge in [-0.15, -0.1) is 0 Å². The Labute approximate surface area is 108 Å². The van der Waals surface area contributed by atoms with Gasteiger partial charge in [-0.1, -0.05) is 12.1 Å². The average Bonchev–Trinajstić information content (AvgIpc) is 3.13. The third-order valence-corrected chi connectivity index (χ3v) is 3.19. The summed E-state index contributed by atoms with van der Waals surface area (Å²) in [5.74, 6) is 1.67. The molecule has 0 heterocycles. The van der Waals surface area contributed by atoms with Crippen molar-refractivity contribution in [2.24, 2.45) is 5.92 Å². The van der Waals surface area contributed by atoms with Crippen molar-refractivity contribution >= 4 is 12.6 Å². The van der Waals surface area contributed by atoms with E-state index < -0.39 is 7.12 Å². The predicted molar refractivity (Wildman–Crippen MR) is 72.0 cm³/mol. The first kappa shape index (κ1) is 13.4. The van der Waals surface area contributed by atoms with Crippen molar-refractivity contribution in [1.82, 2.24) is 4.90 Å². The highest BCUT2D eigenvalue weighted by molar-refractivity contribution is 6.58. The largest absolute Gasteiger partial charge is 0.492 e. The summed E-state index contributed by atoms with van der Waals surface area (Å²) in [4.78, 5) is 2.30. The Bertz CT molecular complexity index is 365. The van der Waals surface area contributed by atoms with Gasteiger partial charge < -0.3 is 19.7 Å². The second kappa shape index (κ2) is 6.23. The molecule has 0 spiro atoms. The number of nitrogens with zero attached hydrogens (tertiary/aromatic N) is 1. The van der Waals surface area contributed by atoms with Crippen LogP contribution >= 0.6 is 0 Å². The molecule has 5 heteroatoms. The van der Waals surface area contributed by atoms with Gasteiger partial charge in [-0.2, -0.15) is 0 Å². The van der Waals surface area contributed by atoms with E-state index in [9.17, 15) is 0 Å². The molecule has 1 fully saturated rings. The van der Waals surface area contributed by atoms with Gasteiger partial charge in [0, 0.05) is 13.1 Å². The zero-order valence-electron chi connectivity index (χ0n) is 10.7. The van der Waals surface area contributed by atoms with Crippen molar-refractivity contribution < 1.29 is 14.8 Å². The molecule has 1 aromatic rings. The van der Waals surface area contributed by atoms with Gasteiger partial charge in [-0.05, 0) is 43.4 Å². The van der Waals surface area contributed by atoms with E-state index >= 15 is 0 Å². The minimum absolute atomic E-state index is 0.480. The first-order chi connectivity index (χ1) is 8.65. The molecule has 1 aliphatic carbocycles. The first-order valence-corrected chi connectivity index (χ1v) is 6.42. The molecule has 0 aromatic heterocycles. The minimum atomic E-state index is -1.41. The van der Waals surface area contributed by atoms with Gasteiger partial charge in [0.05, 0.1) is 0 Å². The smallest absolute Gasteiger partial charge is 0.488 e. The van der Waals surface area contributed by atoms with Gasteiger partial charge in [0.25, 0.3) is 0 Å². The maximum atomic E-state index is 8.96. The monoisotopic (exact) mass is 249 g/mol. The molecule has 0 atom stereocenters. The quantitative estimate of drug-likeness (QED) is 0.672. The van der Waals surface area contributed by atoms with Gasteiger partial charge in [0.2, 0.25) is 0 Å². The fourth-order valence-corrected chi connectivity index (χ4v) is 1.89. The van der Waals surface area contributed by atoms with E-state index in [0.717, 1.165) is 18.2 Å². The Morgan fingerprint density at radius 2 is 1.94 bits per heavy atom. The van der Waals surface area contributed by atoms with Crippen LogP contribution in [0.4, 0.5) is 0 Å². The predicted octanol–water partition coefficient (Wildman–Crippen LogP) is 0.0870. The molecule has 1 saturated carbocycles. The summed E-state index contributed by atoms with van der Waals surface area (Å²) < 4.78 is 5.61. The number of hydrogen-bond donors (Lipinski definition) is 2. The molecule has 4 nitrogen and oxygen atoms in total. The van der Waals surface area contributed by atoms with Crippen molar-refractivity contribution in [3.63, 3.8) is 0 Å². The number of benzene rings is 1. The summed E-state index contributed by atoms with van der Waals surface area (Å²) >= 11 is 0. The molecule has 0 radical (unpaired) electrons. The molecular formula is C13H20BNO3. The molecule has 98 valence electrons. The van der Waals surface area contributed by atoms with E-state index in [1.54, 1.807) is 24.3 Å². The van der Waals surface area contributed by atoms with E-state index in [4.69, 9.17) is 14.8 Å². The molecule has 0 amide bonds. The number of rotatable bonds is 7. The summed E-state index contributed by atoms with van der Waals surface area (Å²) in [5, 5.41) is 17.9. The van der Waals surface area contributed by atoms with E-state index in [-0.39, 0.29) is 0 Å². The van der Waals surface area contributed by atoms with Crippen molar-refractivity contribution in [3.05, 3.63) is 24.3 Å². The van der Waals surface area contributed by atoms with Gasteiger partial charge in [0.15, 0.2) is 0 Å². The lowest BCUT2D eigenvalue weighted by molar-refractivity contribution is 0.232. The lowest BCUT2D eigenvalue weighted by Gasteiger charge is -2.16. The van der Waals surface area contributed by atoms with E-state index in [1.807, 2.05) is 0 Å². The minimum Gasteiger partial charge on any atom is -0.492 e. The standard InChI is InChI=1S/C13H20BNO3/c1-15(10-11-2-3-11)8-9-18-13-6-4-12(5-7-13)14(16)17/h4-7,11,16-17H,2-3,8-10H2,1H3. The Morgan fingerprint density at radius 3 is 2.50 bits per heavy atom. The van der Waals surface area contributed by atoms with Crippen LogP contribution in [0.3, 0.4) is 0 Å². The normalized spacial score (nSPS) is 14.9. The Balaban J connectivity index is 1.68. The zero-order chi connectivity index (χ0) is 13.0. The molecule has 1 aliphatic rings. The zero-order valence-corrected chi connectivity index (χ0v) is 10.7. The van der Waals surface area contributed by atoms with Gasteiger partial charge >= 0.3 is 7.12 Å². The third-order valence-electron chi connectivity index (χ3n) is 3.19. The van der Waals surface area contributed by atoms with Crippen LogP contribution < -0.4 is 10.2 Å². The topological polar surface area (TPSA) is 52.9 Å². The third kappa shape index (κ3) is 4.33. The molecule has 0 saturated heterocycles. The van der Waals surface area contributed by atoms with Crippen LogP contribution in [0.15, 0.2) is 24.3 Å². The highest BCUT2D eigenvalue weighted by Crippen LogP contribution is 2.29. The lowest BCUT2D eigenvalue weighted by atomic mass is 9.80. The average molecular weight is 249 g/mol. The summed E-state index contributed by atoms with van der Waals surface area (Å²) in [7, 11) is 0.705. The van der Waals surface area contributed by atoms with Crippen LogP contribution in [-0.2, 0) is 0 Å². The number of hydrogen-bond acceptors (Lipinski definition) is 4. The Hall–Kier alpha value is -1.04. The van der Waals surface area contributed by atoms with Crippen molar-refractivity contribution in [2.75, 3.05) is 26.7 Å². The second-order valence-electron chi connectivity index (χ2n) is 5.00. The number of likely N-dealkylation sites (N-methyl/N-ethyl adjacent to an activating group) is 1. The number of ether oxygens (including phenoxy) is 1. The Kier molecular flexibility index (Phi) is 4.63. The molecular weight excluding hydrogens is 229 g/mol. The van der Waals surface area contributed by atoms with Gasteiger partial charge in [0.1, 0.15) is 12.4 Å². The fraction of sp³-hybridized carbons (Fsp3) is 0.538. The summed E-state index contributed by atoms with van der Waals surface area (Å²) in [6, 6.07) is 6.84. The van der Waals surface area contributed by atoms with Crippen LogP contribution in [0, 0.1) is 5.92 Å². The molecule has 0 unspecified atom stereocenters. The van der Waals surface area contributed by atoms with Crippen molar-refractivity contribution in [1.29, 1.82) is 0 Å². The van der Waals surface area contributed by atoms with E-state index in [0.29, 0.717) is 12.1 Å². The van der Waals surface area contributed by atoms with Crippen molar-refractivity contribution in [2.45, 2.75) is 12.8 Å². The highest BCUT2D eigenvalue weighted by atomic mass is 16.5. The van der Waals surface area contributed by atoms with Crippen LogP contribution in [-0.4, -0.2) is 48.8 Å². The maximum Gasteiger partial charge on any atom is 0.488 e. The highest BCUT2D eigenvalue weighted by Gasteiger charge is 2.22. The molecule has 18 heavy (non-hydrogen) atoms. The van der Waals surface area contributed by atoms with Crippen LogP contribution in [0.2, 0.25) is 0 Å². The first-order valence-electron chi connectivity index (χ1n) is 6.42. The van der Waals surface area contributed by atoms with Crippen LogP contribution in [0.5, 0.6) is 5.75 Å². The summed E-state index contributed by atoms with van der Waals surface area (Å²) in [6.45, 7) is 2.74. The SMILES string of the molecule is CN(CCOc1ccc(B(O)O)cc1)CC1CC1. The van der Waals surface area contributed by atoms with E-state index in [1.165, 1.54) is 19.4 Å². The fourth-order valence-electron chi connectivity index (χ4n) is 1.89.